The molecule has 1 amide bonds. The normalized spacial score (nSPS) is 14.8. The lowest BCUT2D eigenvalue weighted by atomic mass is 10.1. The molecule has 3 aromatic heterocycles. The van der Waals surface area contributed by atoms with Crippen LogP contribution in [0.1, 0.15) is 27.4 Å². The van der Waals surface area contributed by atoms with Gasteiger partial charge < -0.3 is 19.6 Å². The van der Waals surface area contributed by atoms with Crippen molar-refractivity contribution in [2.24, 2.45) is 0 Å². The molecule has 2 N–H and O–H groups in total. The third-order valence-electron chi connectivity index (χ3n) is 6.50. The van der Waals surface area contributed by atoms with Crippen LogP contribution in [-0.2, 0) is 6.54 Å². The molecule has 8 heteroatoms. The van der Waals surface area contributed by atoms with Crippen LogP contribution in [0.5, 0.6) is 0 Å². The Balaban J connectivity index is 1.29. The Morgan fingerprint density at radius 2 is 1.79 bits per heavy atom. The number of amides is 1. The second-order valence-electron chi connectivity index (χ2n) is 8.64. The van der Waals surface area contributed by atoms with E-state index in [0.29, 0.717) is 11.2 Å². The van der Waals surface area contributed by atoms with E-state index in [1.165, 1.54) is 5.56 Å². The summed E-state index contributed by atoms with van der Waals surface area (Å²) in [5.74, 6) is -0.168. The molecule has 33 heavy (non-hydrogen) atoms. The van der Waals surface area contributed by atoms with Crippen LogP contribution in [0.3, 0.4) is 0 Å². The third kappa shape index (κ3) is 3.87. The molecule has 0 saturated carbocycles. The van der Waals surface area contributed by atoms with Crippen molar-refractivity contribution in [3.05, 3.63) is 75.5 Å². The second-order valence-corrected chi connectivity index (χ2v) is 8.64. The molecule has 5 rings (SSSR count). The number of aromatic amines is 1. The zero-order chi connectivity index (χ0) is 23.1. The average molecular weight is 445 g/mol. The predicted octanol–water partition coefficient (Wildman–Crippen LogP) is 2.47. The number of anilines is 1. The standard InChI is InChI=1S/C25H28N6O2/c1-16-4-7-23-25(33)28-20-14-18(5-8-22(20)31(16)23)15-29-10-12-30(13-11-29)21-9-6-19(24(32)26-3)27-17(21)2/h4-9,14H,10-13,15H2,1-3H3,(H,26,32)(H,28,33). The van der Waals surface area contributed by atoms with E-state index < -0.39 is 0 Å². The minimum Gasteiger partial charge on any atom is -0.368 e. The number of nitrogens with one attached hydrogen (secondary N) is 2. The molecule has 1 saturated heterocycles. The van der Waals surface area contributed by atoms with E-state index in [-0.39, 0.29) is 11.5 Å². The van der Waals surface area contributed by atoms with E-state index in [1.807, 2.05) is 36.4 Å². The van der Waals surface area contributed by atoms with E-state index >= 15 is 0 Å². The summed E-state index contributed by atoms with van der Waals surface area (Å²) in [6.45, 7) is 8.46. The number of carbonyl (C=O) groups excluding carboxylic acids is 1. The van der Waals surface area contributed by atoms with Crippen molar-refractivity contribution >= 4 is 28.1 Å². The molecule has 170 valence electrons. The number of benzene rings is 1. The van der Waals surface area contributed by atoms with Crippen LogP contribution in [0, 0.1) is 13.8 Å². The molecule has 1 aliphatic rings. The molecule has 0 unspecified atom stereocenters. The Morgan fingerprint density at radius 1 is 1.03 bits per heavy atom. The van der Waals surface area contributed by atoms with Crippen molar-refractivity contribution in [1.82, 2.24) is 24.6 Å². The number of H-pyrrole nitrogens is 1. The molecule has 1 fully saturated rings. The molecule has 0 spiro atoms. The zero-order valence-electron chi connectivity index (χ0n) is 19.2. The van der Waals surface area contributed by atoms with Gasteiger partial charge in [-0.1, -0.05) is 6.07 Å². The van der Waals surface area contributed by atoms with Gasteiger partial charge in [-0.05, 0) is 55.8 Å². The monoisotopic (exact) mass is 444 g/mol. The summed E-state index contributed by atoms with van der Waals surface area (Å²) in [5, 5.41) is 2.62. The molecule has 4 aromatic rings. The number of piperazine rings is 1. The minimum atomic E-state index is -0.168. The maximum absolute atomic E-state index is 12.5. The molecule has 8 nitrogen and oxygen atoms in total. The lowest BCUT2D eigenvalue weighted by Gasteiger charge is -2.36. The summed E-state index contributed by atoms with van der Waals surface area (Å²) in [6.07, 6.45) is 0. The fraction of sp³-hybridized carbons (Fsp3) is 0.320. The van der Waals surface area contributed by atoms with Crippen LogP contribution in [0.2, 0.25) is 0 Å². The number of nitrogens with zero attached hydrogens (tertiary/aromatic N) is 4. The Labute approximate surface area is 191 Å². The highest BCUT2D eigenvalue weighted by Gasteiger charge is 2.20. The van der Waals surface area contributed by atoms with Gasteiger partial charge in [-0.2, -0.15) is 0 Å². The van der Waals surface area contributed by atoms with Gasteiger partial charge in [0.1, 0.15) is 11.2 Å². The first-order chi connectivity index (χ1) is 15.9. The van der Waals surface area contributed by atoms with Gasteiger partial charge in [0.25, 0.3) is 11.5 Å². The maximum Gasteiger partial charge on any atom is 0.272 e. The summed E-state index contributed by atoms with van der Waals surface area (Å²) < 4.78 is 2.02. The van der Waals surface area contributed by atoms with E-state index in [2.05, 4.69) is 43.3 Å². The van der Waals surface area contributed by atoms with Crippen LogP contribution in [0.25, 0.3) is 16.6 Å². The van der Waals surface area contributed by atoms with E-state index in [4.69, 9.17) is 0 Å². The van der Waals surface area contributed by atoms with Gasteiger partial charge in [0.2, 0.25) is 0 Å². The van der Waals surface area contributed by atoms with Gasteiger partial charge >= 0.3 is 0 Å². The van der Waals surface area contributed by atoms with E-state index in [0.717, 1.165) is 60.8 Å². The summed E-state index contributed by atoms with van der Waals surface area (Å²) in [4.78, 5) is 36.5. The highest BCUT2D eigenvalue weighted by atomic mass is 16.1. The number of aromatic nitrogens is 3. The molecular formula is C25H28N6O2. The SMILES string of the molecule is CNC(=O)c1ccc(N2CCN(Cc3ccc4c(c3)[nH]c(=O)c3ccc(C)n34)CC2)c(C)n1. The first-order valence-electron chi connectivity index (χ1n) is 11.2. The van der Waals surface area contributed by atoms with E-state index in [9.17, 15) is 9.59 Å². The van der Waals surface area contributed by atoms with Gasteiger partial charge in [0.15, 0.2) is 0 Å². The topological polar surface area (TPSA) is 85.7 Å². The van der Waals surface area contributed by atoms with Crippen LogP contribution in [-0.4, -0.2) is 58.4 Å². The molecule has 0 radical (unpaired) electrons. The largest absolute Gasteiger partial charge is 0.368 e. The fourth-order valence-electron chi connectivity index (χ4n) is 4.75. The van der Waals surface area contributed by atoms with Crippen molar-refractivity contribution in [1.29, 1.82) is 0 Å². The summed E-state index contributed by atoms with van der Waals surface area (Å²) >= 11 is 0. The molecular weight excluding hydrogens is 416 g/mol. The second kappa shape index (κ2) is 8.37. The Morgan fingerprint density at radius 3 is 2.52 bits per heavy atom. The molecule has 4 heterocycles. The quantitative estimate of drug-likeness (QED) is 0.505. The Kier molecular flexibility index (Phi) is 5.38. The van der Waals surface area contributed by atoms with Crippen LogP contribution in [0.4, 0.5) is 5.69 Å². The first kappa shape index (κ1) is 21.2. The fourth-order valence-corrected chi connectivity index (χ4v) is 4.75. The third-order valence-corrected chi connectivity index (χ3v) is 6.50. The van der Waals surface area contributed by atoms with Crippen molar-refractivity contribution in [3.8, 4) is 0 Å². The number of rotatable bonds is 4. The van der Waals surface area contributed by atoms with Crippen molar-refractivity contribution in [2.75, 3.05) is 38.1 Å². The summed E-state index contributed by atoms with van der Waals surface area (Å²) in [5.41, 5.74) is 7.13. The lowest BCUT2D eigenvalue weighted by Crippen LogP contribution is -2.46. The van der Waals surface area contributed by atoms with Gasteiger partial charge in [0, 0.05) is 45.5 Å². The smallest absolute Gasteiger partial charge is 0.272 e. The van der Waals surface area contributed by atoms with Crippen LogP contribution in [0.15, 0.2) is 47.3 Å². The molecule has 1 aromatic carbocycles. The molecule has 0 atom stereocenters. The zero-order valence-corrected chi connectivity index (χ0v) is 19.2. The lowest BCUT2D eigenvalue weighted by molar-refractivity contribution is 0.0958. The van der Waals surface area contributed by atoms with Gasteiger partial charge in [-0.25, -0.2) is 4.98 Å². The predicted molar refractivity (Wildman–Crippen MR) is 130 cm³/mol. The van der Waals surface area contributed by atoms with Crippen LogP contribution >= 0.6 is 0 Å². The average Bonchev–Trinajstić information content (AvgIpc) is 3.21. The number of fused-ring (bicyclic) bond motifs is 3. The Bertz CT molecular complexity index is 1410. The number of pyridine rings is 1. The summed E-state index contributed by atoms with van der Waals surface area (Å²) in [6, 6.07) is 14.0. The Hall–Kier alpha value is -3.65. The number of hydrogen-bond acceptors (Lipinski definition) is 5. The van der Waals surface area contributed by atoms with E-state index in [1.54, 1.807) is 13.1 Å². The number of hydrogen-bond donors (Lipinski definition) is 2. The highest BCUT2D eigenvalue weighted by Crippen LogP contribution is 2.22. The number of aryl methyl sites for hydroxylation is 2. The molecule has 1 aliphatic heterocycles. The van der Waals surface area contributed by atoms with Gasteiger partial charge in [0.05, 0.1) is 22.4 Å². The maximum atomic E-state index is 12.5. The van der Waals surface area contributed by atoms with Crippen molar-refractivity contribution in [2.45, 2.75) is 20.4 Å². The van der Waals surface area contributed by atoms with Crippen LogP contribution < -0.4 is 15.8 Å². The van der Waals surface area contributed by atoms with Gasteiger partial charge in [-0.3, -0.25) is 14.5 Å². The van der Waals surface area contributed by atoms with Crippen molar-refractivity contribution < 1.29 is 4.79 Å². The minimum absolute atomic E-state index is 0.0622. The highest BCUT2D eigenvalue weighted by molar-refractivity contribution is 5.92. The van der Waals surface area contributed by atoms with Gasteiger partial charge in [-0.15, -0.1) is 0 Å². The number of carbonyl (C=O) groups is 1. The summed E-state index contributed by atoms with van der Waals surface area (Å²) in [7, 11) is 1.61. The molecule has 0 aliphatic carbocycles. The molecule has 0 bridgehead atoms. The van der Waals surface area contributed by atoms with Crippen molar-refractivity contribution in [3.63, 3.8) is 0 Å². The first-order valence-corrected chi connectivity index (χ1v) is 11.2.